The van der Waals surface area contributed by atoms with Crippen molar-refractivity contribution in [2.75, 3.05) is 0 Å². The summed E-state index contributed by atoms with van der Waals surface area (Å²) < 4.78 is 5.27. The second-order valence-electron chi connectivity index (χ2n) is 2.59. The molecule has 0 rings (SSSR count). The third-order valence-corrected chi connectivity index (χ3v) is 1.58. The van der Waals surface area contributed by atoms with E-state index in [2.05, 4.69) is 13.2 Å². The van der Waals surface area contributed by atoms with Crippen molar-refractivity contribution in [3.63, 3.8) is 0 Å². The fourth-order valence-electron chi connectivity index (χ4n) is 1.01. The molecule has 0 N–H and O–H groups in total. The Morgan fingerprint density at radius 3 is 2.67 bits per heavy atom. The van der Waals surface area contributed by atoms with Gasteiger partial charge in [0.05, 0.1) is 6.26 Å². The van der Waals surface area contributed by atoms with Crippen molar-refractivity contribution in [1.29, 1.82) is 0 Å². The van der Waals surface area contributed by atoms with Crippen molar-refractivity contribution in [1.82, 2.24) is 0 Å². The summed E-state index contributed by atoms with van der Waals surface area (Å²) in [6.45, 7) is 9.20. The summed E-state index contributed by atoms with van der Waals surface area (Å²) in [4.78, 5) is 0. The minimum absolute atomic E-state index is 0.187. The molecule has 0 heterocycles. The zero-order chi connectivity index (χ0) is 9.23. The van der Waals surface area contributed by atoms with Gasteiger partial charge in [-0.2, -0.15) is 0 Å². The van der Waals surface area contributed by atoms with Crippen LogP contribution in [-0.4, -0.2) is 6.10 Å². The molecule has 0 aliphatic rings. The summed E-state index contributed by atoms with van der Waals surface area (Å²) in [5, 5.41) is 0. The quantitative estimate of drug-likeness (QED) is 0.320. The van der Waals surface area contributed by atoms with Crippen molar-refractivity contribution in [3.05, 3.63) is 37.6 Å². The van der Waals surface area contributed by atoms with Crippen LogP contribution in [0.5, 0.6) is 0 Å². The van der Waals surface area contributed by atoms with Crippen LogP contribution < -0.4 is 0 Å². The Morgan fingerprint density at radius 2 is 2.17 bits per heavy atom. The van der Waals surface area contributed by atoms with Gasteiger partial charge in [-0.25, -0.2) is 0 Å². The van der Waals surface area contributed by atoms with Gasteiger partial charge in [0.15, 0.2) is 0 Å². The van der Waals surface area contributed by atoms with Crippen molar-refractivity contribution in [3.8, 4) is 0 Å². The Bertz CT molecular complexity index is 147. The second kappa shape index (κ2) is 8.12. The zero-order valence-electron chi connectivity index (χ0n) is 7.83. The highest BCUT2D eigenvalue weighted by molar-refractivity contribution is 4.88. The summed E-state index contributed by atoms with van der Waals surface area (Å²) in [7, 11) is 0. The van der Waals surface area contributed by atoms with E-state index in [0.717, 1.165) is 19.3 Å². The van der Waals surface area contributed by atoms with E-state index >= 15 is 0 Å². The van der Waals surface area contributed by atoms with Crippen molar-refractivity contribution >= 4 is 0 Å². The molecule has 1 unspecified atom stereocenters. The van der Waals surface area contributed by atoms with Gasteiger partial charge in [0, 0.05) is 0 Å². The number of hydrogen-bond donors (Lipinski definition) is 0. The molecule has 0 bridgehead atoms. The molecule has 0 saturated carbocycles. The molecule has 1 nitrogen and oxygen atoms in total. The minimum Gasteiger partial charge on any atom is -0.495 e. The monoisotopic (exact) mass is 166 g/mol. The molecule has 0 aromatic rings. The molecule has 1 atom stereocenters. The first-order valence-electron chi connectivity index (χ1n) is 4.35. The Balaban J connectivity index is 3.61. The lowest BCUT2D eigenvalue weighted by atomic mass is 10.1. The van der Waals surface area contributed by atoms with Crippen LogP contribution in [0.25, 0.3) is 0 Å². The molecule has 0 radical (unpaired) electrons. The van der Waals surface area contributed by atoms with Crippen LogP contribution in [0.2, 0.25) is 0 Å². The Morgan fingerprint density at radius 1 is 1.42 bits per heavy atom. The predicted octanol–water partition coefficient (Wildman–Crippen LogP) is 3.45. The number of unbranched alkanes of at least 4 members (excludes halogenated alkanes) is 1. The average Bonchev–Trinajstić information content (AvgIpc) is 2.06. The van der Waals surface area contributed by atoms with E-state index in [0.29, 0.717) is 0 Å². The molecule has 68 valence electrons. The van der Waals surface area contributed by atoms with Gasteiger partial charge in [-0.3, -0.25) is 0 Å². The van der Waals surface area contributed by atoms with E-state index in [1.807, 2.05) is 25.2 Å². The largest absolute Gasteiger partial charge is 0.495 e. The zero-order valence-corrected chi connectivity index (χ0v) is 7.83. The number of hydrogen-bond acceptors (Lipinski definition) is 1. The van der Waals surface area contributed by atoms with Gasteiger partial charge in [0.2, 0.25) is 0 Å². The van der Waals surface area contributed by atoms with Crippen LogP contribution in [0, 0.1) is 0 Å². The molecule has 0 aliphatic heterocycles. The molecular weight excluding hydrogens is 148 g/mol. The Labute approximate surface area is 75.4 Å². The van der Waals surface area contributed by atoms with Gasteiger partial charge in [-0.1, -0.05) is 18.7 Å². The molecule has 0 aromatic heterocycles. The second-order valence-corrected chi connectivity index (χ2v) is 2.59. The summed E-state index contributed by atoms with van der Waals surface area (Å²) in [6, 6.07) is 0. The van der Waals surface area contributed by atoms with Crippen LogP contribution >= 0.6 is 0 Å². The van der Waals surface area contributed by atoms with Gasteiger partial charge in [-0.15, -0.1) is 6.58 Å². The van der Waals surface area contributed by atoms with E-state index in [9.17, 15) is 0 Å². The molecule has 12 heavy (non-hydrogen) atoms. The average molecular weight is 166 g/mol. The molecule has 0 saturated heterocycles. The minimum atomic E-state index is 0.187. The van der Waals surface area contributed by atoms with E-state index in [4.69, 9.17) is 4.74 Å². The lowest BCUT2D eigenvalue weighted by Gasteiger charge is -2.10. The van der Waals surface area contributed by atoms with Crippen molar-refractivity contribution in [2.45, 2.75) is 32.3 Å². The summed E-state index contributed by atoms with van der Waals surface area (Å²) in [6.07, 6.45) is 10.9. The first kappa shape index (κ1) is 11.0. The normalized spacial score (nSPS) is 12.8. The highest BCUT2D eigenvalue weighted by Gasteiger charge is 2.00. The predicted molar refractivity (Wildman–Crippen MR) is 53.9 cm³/mol. The topological polar surface area (TPSA) is 9.23 Å². The third-order valence-electron chi connectivity index (χ3n) is 1.58. The van der Waals surface area contributed by atoms with Gasteiger partial charge in [0.25, 0.3) is 0 Å². The number of ether oxygens (including phenoxy) is 1. The summed E-state index contributed by atoms with van der Waals surface area (Å²) in [5.41, 5.74) is 0. The summed E-state index contributed by atoms with van der Waals surface area (Å²) >= 11 is 0. The Hall–Kier alpha value is -0.980. The number of rotatable bonds is 7. The first-order valence-corrected chi connectivity index (χ1v) is 4.35. The van der Waals surface area contributed by atoms with E-state index < -0.39 is 0 Å². The fraction of sp³-hybridized carbons (Fsp3) is 0.455. The summed E-state index contributed by atoms with van der Waals surface area (Å²) in [5.74, 6) is 0. The van der Waals surface area contributed by atoms with E-state index in [-0.39, 0.29) is 6.10 Å². The lowest BCUT2D eigenvalue weighted by molar-refractivity contribution is 0.176. The highest BCUT2D eigenvalue weighted by Crippen LogP contribution is 2.07. The SMILES string of the molecule is C=CCCCC(/C=C/C)OC=C. The molecule has 0 spiro atoms. The highest BCUT2D eigenvalue weighted by atomic mass is 16.5. The molecule has 0 aliphatic carbocycles. The number of allylic oxidation sites excluding steroid dienone is 2. The first-order chi connectivity index (χ1) is 5.85. The molecule has 0 aromatic carbocycles. The fourth-order valence-corrected chi connectivity index (χ4v) is 1.01. The third kappa shape index (κ3) is 5.78. The maximum atomic E-state index is 5.27. The standard InChI is InChI=1S/C11H18O/c1-4-7-8-10-11(9-5-2)12-6-3/h4-6,9,11H,1,3,7-8,10H2,2H3/b9-5+. The van der Waals surface area contributed by atoms with Crippen LogP contribution in [0.3, 0.4) is 0 Å². The van der Waals surface area contributed by atoms with Crippen molar-refractivity contribution in [2.24, 2.45) is 0 Å². The van der Waals surface area contributed by atoms with Gasteiger partial charge >= 0.3 is 0 Å². The molecule has 0 fully saturated rings. The molecular formula is C11H18O. The van der Waals surface area contributed by atoms with Gasteiger partial charge in [-0.05, 0) is 32.3 Å². The van der Waals surface area contributed by atoms with Gasteiger partial charge in [0.1, 0.15) is 6.10 Å². The van der Waals surface area contributed by atoms with Gasteiger partial charge < -0.3 is 4.74 Å². The van der Waals surface area contributed by atoms with Crippen LogP contribution in [-0.2, 0) is 4.74 Å². The molecule has 0 amide bonds. The molecule has 1 heteroatoms. The van der Waals surface area contributed by atoms with E-state index in [1.165, 1.54) is 6.26 Å². The van der Waals surface area contributed by atoms with Crippen LogP contribution in [0.15, 0.2) is 37.6 Å². The lowest BCUT2D eigenvalue weighted by Crippen LogP contribution is -2.05. The Kier molecular flexibility index (Phi) is 7.46. The van der Waals surface area contributed by atoms with Crippen LogP contribution in [0.1, 0.15) is 26.2 Å². The maximum absolute atomic E-state index is 5.27. The van der Waals surface area contributed by atoms with E-state index in [1.54, 1.807) is 0 Å². The van der Waals surface area contributed by atoms with Crippen molar-refractivity contribution < 1.29 is 4.74 Å². The maximum Gasteiger partial charge on any atom is 0.116 e. The smallest absolute Gasteiger partial charge is 0.116 e. The van der Waals surface area contributed by atoms with Crippen LogP contribution in [0.4, 0.5) is 0 Å².